The second-order valence-electron chi connectivity index (χ2n) is 5.53. The zero-order chi connectivity index (χ0) is 16.5. The summed E-state index contributed by atoms with van der Waals surface area (Å²) < 4.78 is 0. The van der Waals surface area contributed by atoms with E-state index in [-0.39, 0.29) is 5.91 Å². The molecule has 0 aliphatic carbocycles. The van der Waals surface area contributed by atoms with E-state index in [9.17, 15) is 4.79 Å². The number of imidazole rings is 1. The molecule has 0 radical (unpaired) electrons. The van der Waals surface area contributed by atoms with E-state index in [0.29, 0.717) is 12.2 Å². The summed E-state index contributed by atoms with van der Waals surface area (Å²) in [7, 11) is 0. The van der Waals surface area contributed by atoms with Gasteiger partial charge in [0.1, 0.15) is 5.82 Å². The maximum absolute atomic E-state index is 12.2. The van der Waals surface area contributed by atoms with Crippen LogP contribution in [0.4, 0.5) is 0 Å². The Hall–Kier alpha value is -2.93. The molecule has 1 aromatic carbocycles. The lowest BCUT2D eigenvalue weighted by Gasteiger charge is -1.99. The molecule has 4 aromatic rings. The molecule has 0 saturated heterocycles. The minimum absolute atomic E-state index is 0.231. The molecule has 0 unspecified atom stereocenters. The summed E-state index contributed by atoms with van der Waals surface area (Å²) in [6.07, 6.45) is 0. The van der Waals surface area contributed by atoms with Gasteiger partial charge in [-0.15, -0.1) is 11.3 Å². The fraction of sp³-hybridized carbons (Fsp3) is 0.118. The van der Waals surface area contributed by atoms with Crippen molar-refractivity contribution in [3.63, 3.8) is 0 Å². The molecule has 6 nitrogen and oxygen atoms in total. The molecule has 0 aliphatic heterocycles. The molecule has 24 heavy (non-hydrogen) atoms. The zero-order valence-corrected chi connectivity index (χ0v) is 13.8. The van der Waals surface area contributed by atoms with Gasteiger partial charge in [0.2, 0.25) is 0 Å². The Morgan fingerprint density at radius 3 is 3.04 bits per heavy atom. The van der Waals surface area contributed by atoms with Crippen molar-refractivity contribution in [3.05, 3.63) is 58.9 Å². The number of hydrogen-bond donors (Lipinski definition) is 3. The lowest BCUT2D eigenvalue weighted by molar-refractivity contribution is 0.0945. The largest absolute Gasteiger partial charge is 0.343 e. The third-order valence-corrected chi connectivity index (χ3v) is 4.60. The first-order chi connectivity index (χ1) is 11.7. The van der Waals surface area contributed by atoms with E-state index in [1.165, 1.54) is 5.56 Å². The van der Waals surface area contributed by atoms with Crippen LogP contribution in [0.5, 0.6) is 0 Å². The van der Waals surface area contributed by atoms with Crippen LogP contribution in [0, 0.1) is 6.92 Å². The standard InChI is InChI=1S/C17H15N5OS/c1-10-4-5-11-12(7-10)20-16(19-11)9-18-17(23)14-8-13(21-22-14)15-3-2-6-24-15/h2-8H,9H2,1H3,(H,18,23)(H,19,20)(H,21,22). The molecule has 0 bridgehead atoms. The van der Waals surface area contributed by atoms with Gasteiger partial charge < -0.3 is 10.3 Å². The summed E-state index contributed by atoms with van der Waals surface area (Å²) >= 11 is 1.60. The van der Waals surface area contributed by atoms with Crippen molar-refractivity contribution in [2.45, 2.75) is 13.5 Å². The minimum Gasteiger partial charge on any atom is -0.343 e. The highest BCUT2D eigenvalue weighted by Crippen LogP contribution is 2.22. The van der Waals surface area contributed by atoms with Crippen LogP contribution in [0.1, 0.15) is 21.9 Å². The third kappa shape index (κ3) is 2.81. The first-order valence-corrected chi connectivity index (χ1v) is 8.40. The van der Waals surface area contributed by atoms with Crippen LogP contribution < -0.4 is 5.32 Å². The number of nitrogens with zero attached hydrogens (tertiary/aromatic N) is 2. The summed E-state index contributed by atoms with van der Waals surface area (Å²) in [5.74, 6) is 0.489. The minimum atomic E-state index is -0.231. The highest BCUT2D eigenvalue weighted by molar-refractivity contribution is 7.13. The van der Waals surface area contributed by atoms with Gasteiger partial charge in [-0.25, -0.2) is 4.98 Å². The number of aromatic nitrogens is 4. The first kappa shape index (κ1) is 14.6. The fourth-order valence-electron chi connectivity index (χ4n) is 2.51. The number of fused-ring (bicyclic) bond motifs is 1. The third-order valence-electron chi connectivity index (χ3n) is 3.70. The summed E-state index contributed by atoms with van der Waals surface area (Å²) in [6, 6.07) is 11.7. The van der Waals surface area contributed by atoms with Crippen LogP contribution in [0.3, 0.4) is 0 Å². The Morgan fingerprint density at radius 1 is 1.29 bits per heavy atom. The van der Waals surface area contributed by atoms with Crippen molar-refractivity contribution in [2.24, 2.45) is 0 Å². The molecule has 0 aliphatic rings. The van der Waals surface area contributed by atoms with Crippen LogP contribution in [-0.4, -0.2) is 26.1 Å². The molecular weight excluding hydrogens is 322 g/mol. The molecule has 4 rings (SSSR count). The van der Waals surface area contributed by atoms with E-state index >= 15 is 0 Å². The quantitative estimate of drug-likeness (QED) is 0.534. The van der Waals surface area contributed by atoms with Gasteiger partial charge in [-0.3, -0.25) is 9.89 Å². The second-order valence-corrected chi connectivity index (χ2v) is 6.48. The molecule has 3 aromatic heterocycles. The number of thiophene rings is 1. The van der Waals surface area contributed by atoms with Crippen LogP contribution in [-0.2, 0) is 6.54 Å². The summed E-state index contributed by atoms with van der Waals surface area (Å²) in [5, 5.41) is 11.8. The number of benzene rings is 1. The van der Waals surface area contributed by atoms with Gasteiger partial charge in [-0.2, -0.15) is 5.10 Å². The van der Waals surface area contributed by atoms with Crippen molar-refractivity contribution >= 4 is 28.3 Å². The molecule has 1 amide bonds. The average Bonchev–Trinajstić information content (AvgIpc) is 3.30. The predicted octanol–water partition coefficient (Wildman–Crippen LogP) is 3.25. The molecule has 0 saturated carbocycles. The van der Waals surface area contributed by atoms with Crippen molar-refractivity contribution in [3.8, 4) is 10.6 Å². The monoisotopic (exact) mass is 337 g/mol. The van der Waals surface area contributed by atoms with Crippen LogP contribution in [0.25, 0.3) is 21.6 Å². The molecule has 120 valence electrons. The van der Waals surface area contributed by atoms with E-state index in [0.717, 1.165) is 27.4 Å². The van der Waals surface area contributed by atoms with Gasteiger partial charge >= 0.3 is 0 Å². The van der Waals surface area contributed by atoms with Gasteiger partial charge in [0.15, 0.2) is 5.69 Å². The van der Waals surface area contributed by atoms with E-state index < -0.39 is 0 Å². The van der Waals surface area contributed by atoms with Gasteiger partial charge in [-0.05, 0) is 42.1 Å². The van der Waals surface area contributed by atoms with Crippen molar-refractivity contribution in [1.29, 1.82) is 0 Å². The maximum Gasteiger partial charge on any atom is 0.272 e. The number of carbonyl (C=O) groups is 1. The maximum atomic E-state index is 12.2. The van der Waals surface area contributed by atoms with Gasteiger partial charge in [0.05, 0.1) is 28.1 Å². The summed E-state index contributed by atoms with van der Waals surface area (Å²) in [4.78, 5) is 21.0. The Bertz CT molecular complexity index is 999. The second kappa shape index (κ2) is 5.93. The smallest absolute Gasteiger partial charge is 0.272 e. The molecule has 3 heterocycles. The number of aryl methyl sites for hydroxylation is 1. The highest BCUT2D eigenvalue weighted by atomic mass is 32.1. The number of H-pyrrole nitrogens is 2. The number of carbonyl (C=O) groups excluding carboxylic acids is 1. The van der Waals surface area contributed by atoms with Crippen LogP contribution in [0.15, 0.2) is 41.8 Å². The van der Waals surface area contributed by atoms with Crippen LogP contribution >= 0.6 is 11.3 Å². The van der Waals surface area contributed by atoms with E-state index in [4.69, 9.17) is 0 Å². The number of nitrogens with one attached hydrogen (secondary N) is 3. The summed E-state index contributed by atoms with van der Waals surface area (Å²) in [5.41, 5.74) is 4.24. The van der Waals surface area contributed by atoms with Gasteiger partial charge in [0, 0.05) is 0 Å². The predicted molar refractivity (Wildman–Crippen MR) is 93.9 cm³/mol. The van der Waals surface area contributed by atoms with E-state index in [1.54, 1.807) is 17.4 Å². The normalized spacial score (nSPS) is 11.0. The van der Waals surface area contributed by atoms with E-state index in [1.807, 2.05) is 42.6 Å². The SMILES string of the molecule is Cc1ccc2nc(CNC(=O)c3cc(-c4cccs4)[nH]n3)[nH]c2c1. The summed E-state index contributed by atoms with van der Waals surface area (Å²) in [6.45, 7) is 2.36. The van der Waals surface area contributed by atoms with E-state index in [2.05, 4.69) is 25.5 Å². The van der Waals surface area contributed by atoms with Crippen molar-refractivity contribution < 1.29 is 4.79 Å². The molecule has 0 fully saturated rings. The Balaban J connectivity index is 1.46. The first-order valence-electron chi connectivity index (χ1n) is 7.52. The molecule has 0 atom stereocenters. The number of aromatic amines is 2. The lowest BCUT2D eigenvalue weighted by Crippen LogP contribution is -2.23. The molecular formula is C17H15N5OS. The Morgan fingerprint density at radius 2 is 2.21 bits per heavy atom. The lowest BCUT2D eigenvalue weighted by atomic mass is 10.2. The molecule has 0 spiro atoms. The number of amides is 1. The Kier molecular flexibility index (Phi) is 3.62. The zero-order valence-electron chi connectivity index (χ0n) is 13.0. The van der Waals surface area contributed by atoms with Crippen molar-refractivity contribution in [1.82, 2.24) is 25.5 Å². The van der Waals surface area contributed by atoms with Gasteiger partial charge in [-0.1, -0.05) is 12.1 Å². The van der Waals surface area contributed by atoms with Crippen LogP contribution in [0.2, 0.25) is 0 Å². The Labute approximate surface area is 141 Å². The fourth-order valence-corrected chi connectivity index (χ4v) is 3.20. The molecule has 3 N–H and O–H groups in total. The average molecular weight is 337 g/mol. The number of hydrogen-bond acceptors (Lipinski definition) is 4. The highest BCUT2D eigenvalue weighted by Gasteiger charge is 2.12. The number of rotatable bonds is 4. The van der Waals surface area contributed by atoms with Crippen molar-refractivity contribution in [2.75, 3.05) is 0 Å². The van der Waals surface area contributed by atoms with Gasteiger partial charge in [0.25, 0.3) is 5.91 Å². The molecule has 7 heteroatoms. The topological polar surface area (TPSA) is 86.5 Å².